The van der Waals surface area contributed by atoms with E-state index in [1.165, 1.54) is 0 Å². The van der Waals surface area contributed by atoms with Gasteiger partial charge in [-0.25, -0.2) is 9.36 Å². The number of H-pyrrole nitrogens is 1. The lowest BCUT2D eigenvalue weighted by Crippen LogP contribution is -2.37. The van der Waals surface area contributed by atoms with Crippen LogP contribution in [0.5, 0.6) is 0 Å². The molecule has 0 amide bonds. The van der Waals surface area contributed by atoms with E-state index in [4.69, 9.17) is 32.8 Å². The molecule has 2 aromatic heterocycles. The summed E-state index contributed by atoms with van der Waals surface area (Å²) in [5.41, 5.74) is -0.420. The fourth-order valence-electron chi connectivity index (χ4n) is 2.34. The summed E-state index contributed by atoms with van der Waals surface area (Å²) < 4.78 is 5.93. The number of nitrogens with zero attached hydrogens (tertiary/aromatic N) is 3. The van der Waals surface area contributed by atoms with Gasteiger partial charge in [0.1, 0.15) is 11.6 Å². The van der Waals surface area contributed by atoms with Crippen LogP contribution in [0.1, 0.15) is 23.0 Å². The number of nitrogens with one attached hydrogen (secondary N) is 1. The molecule has 0 bridgehead atoms. The third kappa shape index (κ3) is 4.04. The molecule has 0 atom stereocenters. The summed E-state index contributed by atoms with van der Waals surface area (Å²) in [6.07, 6.45) is 1.22. The van der Waals surface area contributed by atoms with Crippen molar-refractivity contribution < 1.29 is 9.63 Å². The number of rotatable bonds is 6. The molecule has 2 heterocycles. The van der Waals surface area contributed by atoms with Gasteiger partial charge in [-0.2, -0.15) is 4.98 Å². The van der Waals surface area contributed by atoms with E-state index in [0.717, 1.165) is 10.1 Å². The number of hydrogen-bond acceptors (Lipinski definition) is 6. The average molecular weight is 397 g/mol. The van der Waals surface area contributed by atoms with Crippen molar-refractivity contribution >= 4 is 23.2 Å². The third-order valence-corrected chi connectivity index (χ3v) is 4.35. The quantitative estimate of drug-likeness (QED) is 0.653. The standard InChI is InChI=1S/C16H14Cl2N4O4/c17-10-4-1-9(2-5-10)3-6-12-20-13(26-21-12)7-22-15(24)14(18)11(8-23)19-16(22)25/h1-2,4-5,23H,3,6-8H2,(H,19,25). The van der Waals surface area contributed by atoms with Crippen molar-refractivity contribution in [2.24, 2.45) is 0 Å². The van der Waals surface area contributed by atoms with E-state index >= 15 is 0 Å². The zero-order valence-electron chi connectivity index (χ0n) is 13.4. The Labute approximate surface area is 157 Å². The number of hydrogen-bond donors (Lipinski definition) is 2. The van der Waals surface area contributed by atoms with Gasteiger partial charge in [-0.05, 0) is 24.1 Å². The molecule has 26 heavy (non-hydrogen) atoms. The Bertz CT molecular complexity index is 1020. The second-order valence-electron chi connectivity index (χ2n) is 5.50. The summed E-state index contributed by atoms with van der Waals surface area (Å²) in [5.74, 6) is 0.564. The zero-order chi connectivity index (χ0) is 18.7. The van der Waals surface area contributed by atoms with Crippen LogP contribution < -0.4 is 11.2 Å². The number of aromatic nitrogens is 4. The first-order valence-corrected chi connectivity index (χ1v) is 8.41. The van der Waals surface area contributed by atoms with Gasteiger partial charge >= 0.3 is 5.69 Å². The van der Waals surface area contributed by atoms with Gasteiger partial charge in [0.05, 0.1) is 12.3 Å². The minimum Gasteiger partial charge on any atom is -0.390 e. The summed E-state index contributed by atoms with van der Waals surface area (Å²) >= 11 is 11.7. The third-order valence-electron chi connectivity index (χ3n) is 3.71. The van der Waals surface area contributed by atoms with Gasteiger partial charge in [-0.1, -0.05) is 40.5 Å². The Morgan fingerprint density at radius 2 is 1.88 bits per heavy atom. The minimum atomic E-state index is -0.736. The first kappa shape index (κ1) is 18.4. The monoisotopic (exact) mass is 396 g/mol. The zero-order valence-corrected chi connectivity index (χ0v) is 14.9. The molecule has 10 heteroatoms. The molecule has 0 radical (unpaired) electrons. The fourth-order valence-corrected chi connectivity index (χ4v) is 2.68. The molecule has 0 aliphatic heterocycles. The van der Waals surface area contributed by atoms with Crippen molar-refractivity contribution in [3.05, 3.63) is 78.1 Å². The molecular formula is C16H14Cl2N4O4. The van der Waals surface area contributed by atoms with E-state index in [0.29, 0.717) is 23.7 Å². The highest BCUT2D eigenvalue weighted by Gasteiger charge is 2.15. The van der Waals surface area contributed by atoms with Gasteiger partial charge < -0.3 is 14.6 Å². The van der Waals surface area contributed by atoms with Crippen LogP contribution in [0.25, 0.3) is 0 Å². The molecule has 0 spiro atoms. The van der Waals surface area contributed by atoms with Gasteiger partial charge in [-0.15, -0.1) is 0 Å². The van der Waals surface area contributed by atoms with Gasteiger partial charge in [0.2, 0.25) is 5.89 Å². The van der Waals surface area contributed by atoms with Crippen LogP contribution >= 0.6 is 23.2 Å². The number of halogens is 2. The Morgan fingerprint density at radius 3 is 2.58 bits per heavy atom. The van der Waals surface area contributed by atoms with Crippen LogP contribution in [0.15, 0.2) is 38.4 Å². The Hall–Kier alpha value is -2.42. The normalized spacial score (nSPS) is 11.0. The van der Waals surface area contributed by atoms with Gasteiger partial charge in [-0.3, -0.25) is 4.79 Å². The topological polar surface area (TPSA) is 114 Å². The lowest BCUT2D eigenvalue weighted by molar-refractivity contribution is 0.275. The highest BCUT2D eigenvalue weighted by molar-refractivity contribution is 6.31. The molecule has 8 nitrogen and oxygen atoms in total. The lowest BCUT2D eigenvalue weighted by Gasteiger charge is -2.04. The van der Waals surface area contributed by atoms with E-state index in [1.807, 2.05) is 12.1 Å². The second kappa shape index (κ2) is 7.86. The maximum Gasteiger partial charge on any atom is 0.329 e. The predicted molar refractivity (Wildman–Crippen MR) is 94.5 cm³/mol. The van der Waals surface area contributed by atoms with Crippen LogP contribution in [-0.2, 0) is 26.0 Å². The smallest absolute Gasteiger partial charge is 0.329 e. The molecule has 0 saturated carbocycles. The van der Waals surface area contributed by atoms with Crippen molar-refractivity contribution in [3.63, 3.8) is 0 Å². The van der Waals surface area contributed by atoms with Crippen LogP contribution in [0.3, 0.4) is 0 Å². The molecule has 3 aromatic rings. The first-order chi connectivity index (χ1) is 12.5. The largest absolute Gasteiger partial charge is 0.390 e. The second-order valence-corrected chi connectivity index (χ2v) is 6.32. The molecule has 0 aliphatic rings. The fraction of sp³-hybridized carbons (Fsp3) is 0.250. The molecule has 0 saturated heterocycles. The van der Waals surface area contributed by atoms with E-state index in [-0.39, 0.29) is 23.2 Å². The maximum absolute atomic E-state index is 12.1. The van der Waals surface area contributed by atoms with Crippen molar-refractivity contribution in [2.45, 2.75) is 26.0 Å². The highest BCUT2D eigenvalue weighted by atomic mass is 35.5. The molecule has 1 aromatic carbocycles. The molecule has 2 N–H and O–H groups in total. The van der Waals surface area contributed by atoms with Gasteiger partial charge in [0.25, 0.3) is 5.56 Å². The van der Waals surface area contributed by atoms with Gasteiger partial charge in [0.15, 0.2) is 5.82 Å². The number of aliphatic hydroxyl groups excluding tert-OH is 1. The Kier molecular flexibility index (Phi) is 5.55. The van der Waals surface area contributed by atoms with Crippen LogP contribution in [0.4, 0.5) is 0 Å². The van der Waals surface area contributed by atoms with Crippen molar-refractivity contribution in [1.82, 2.24) is 19.7 Å². The average Bonchev–Trinajstić information content (AvgIpc) is 3.09. The number of aromatic amines is 1. The lowest BCUT2D eigenvalue weighted by atomic mass is 10.1. The summed E-state index contributed by atoms with van der Waals surface area (Å²) in [4.78, 5) is 30.6. The van der Waals surface area contributed by atoms with E-state index in [9.17, 15) is 9.59 Å². The van der Waals surface area contributed by atoms with E-state index in [1.54, 1.807) is 12.1 Å². The summed E-state index contributed by atoms with van der Waals surface area (Å²) in [6, 6.07) is 7.42. The molecule has 0 fully saturated rings. The number of benzene rings is 1. The van der Waals surface area contributed by atoms with Crippen molar-refractivity contribution in [3.8, 4) is 0 Å². The van der Waals surface area contributed by atoms with Crippen molar-refractivity contribution in [2.75, 3.05) is 0 Å². The summed E-state index contributed by atoms with van der Waals surface area (Å²) in [6.45, 7) is -0.757. The SMILES string of the molecule is O=c1[nH]c(CO)c(Cl)c(=O)n1Cc1nc(CCc2ccc(Cl)cc2)no1. The predicted octanol–water partition coefficient (Wildman–Crippen LogP) is 1.55. The minimum absolute atomic E-state index is 0.0351. The molecular weight excluding hydrogens is 383 g/mol. The molecule has 0 aliphatic carbocycles. The van der Waals surface area contributed by atoms with Crippen molar-refractivity contribution in [1.29, 1.82) is 0 Å². The summed E-state index contributed by atoms with van der Waals surface area (Å²) in [7, 11) is 0. The molecule has 136 valence electrons. The summed E-state index contributed by atoms with van der Waals surface area (Å²) in [5, 5.41) is 13.3. The van der Waals surface area contributed by atoms with Gasteiger partial charge in [0, 0.05) is 11.4 Å². The highest BCUT2D eigenvalue weighted by Crippen LogP contribution is 2.11. The van der Waals surface area contributed by atoms with E-state index < -0.39 is 17.9 Å². The Balaban J connectivity index is 1.73. The molecule has 0 unspecified atom stereocenters. The molecule has 3 rings (SSSR count). The van der Waals surface area contributed by atoms with E-state index in [2.05, 4.69) is 15.1 Å². The Morgan fingerprint density at radius 1 is 1.15 bits per heavy atom. The number of aliphatic hydroxyl groups is 1. The number of aryl methyl sites for hydroxylation is 2. The maximum atomic E-state index is 12.1. The first-order valence-electron chi connectivity index (χ1n) is 7.66. The van der Waals surface area contributed by atoms with Crippen LogP contribution in [0.2, 0.25) is 10.0 Å². The van der Waals surface area contributed by atoms with Crippen LogP contribution in [0, 0.1) is 0 Å². The van der Waals surface area contributed by atoms with Crippen LogP contribution in [-0.4, -0.2) is 24.8 Å².